The highest BCUT2D eigenvalue weighted by atomic mass is 32.2. The largest absolute Gasteiger partial charge is 0.416 e. The van der Waals surface area contributed by atoms with E-state index >= 15 is 0 Å². The van der Waals surface area contributed by atoms with Crippen LogP contribution < -0.4 is 0 Å². The molecule has 0 saturated heterocycles. The van der Waals surface area contributed by atoms with E-state index in [0.29, 0.717) is 22.2 Å². The molecule has 0 aliphatic rings. The topological polar surface area (TPSA) is 64.7 Å². The third-order valence-electron chi connectivity index (χ3n) is 4.58. The summed E-state index contributed by atoms with van der Waals surface area (Å²) < 4.78 is 43.2. The fourth-order valence-corrected chi connectivity index (χ4v) is 3.49. The number of benzene rings is 2. The van der Waals surface area contributed by atoms with Crippen LogP contribution in [0.25, 0.3) is 22.6 Å². The highest BCUT2D eigenvalue weighted by molar-refractivity contribution is 7.98. The van der Waals surface area contributed by atoms with Crippen LogP contribution in [0.4, 0.5) is 13.2 Å². The number of hydrogen-bond donors (Lipinski definition) is 0. The molecular weight excluding hydrogens is 425 g/mol. The van der Waals surface area contributed by atoms with Crippen LogP contribution in [0.15, 0.2) is 70.2 Å². The molecule has 2 aromatic heterocycles. The molecule has 2 heterocycles. The first-order chi connectivity index (χ1) is 14.9. The van der Waals surface area contributed by atoms with Gasteiger partial charge in [-0.25, -0.2) is 0 Å². The number of hydrogen-bond acceptors (Lipinski definition) is 6. The van der Waals surface area contributed by atoms with Crippen LogP contribution in [0.1, 0.15) is 23.9 Å². The zero-order chi connectivity index (χ0) is 21.8. The molecule has 0 saturated carbocycles. The molecule has 4 aromatic rings. The predicted molar refractivity (Wildman–Crippen MR) is 111 cm³/mol. The molecule has 5 nitrogen and oxygen atoms in total. The molecule has 0 aliphatic carbocycles. The summed E-state index contributed by atoms with van der Waals surface area (Å²) in [5, 5.41) is 13.0. The van der Waals surface area contributed by atoms with Gasteiger partial charge in [0.15, 0.2) is 0 Å². The summed E-state index contributed by atoms with van der Waals surface area (Å²) in [4.78, 5) is 4.24. The highest BCUT2D eigenvalue weighted by Crippen LogP contribution is 2.30. The third-order valence-corrected chi connectivity index (χ3v) is 5.48. The predicted octanol–water partition coefficient (Wildman–Crippen LogP) is 6.07. The van der Waals surface area contributed by atoms with E-state index in [0.717, 1.165) is 29.8 Å². The van der Waals surface area contributed by atoms with Gasteiger partial charge in [0.1, 0.15) is 5.03 Å². The first-order valence-corrected chi connectivity index (χ1v) is 10.5. The molecule has 0 atom stereocenters. The van der Waals surface area contributed by atoms with E-state index in [2.05, 4.69) is 39.4 Å². The molecule has 0 unspecified atom stereocenters. The zero-order valence-corrected chi connectivity index (χ0v) is 17.2. The first-order valence-electron chi connectivity index (χ1n) is 9.48. The molecule has 9 heteroatoms. The number of halogens is 3. The van der Waals surface area contributed by atoms with Crippen LogP contribution in [0.3, 0.4) is 0 Å². The lowest BCUT2D eigenvalue weighted by Gasteiger charge is -2.05. The van der Waals surface area contributed by atoms with E-state index in [4.69, 9.17) is 4.52 Å². The highest BCUT2D eigenvalue weighted by Gasteiger charge is 2.30. The van der Waals surface area contributed by atoms with E-state index in [1.165, 1.54) is 29.5 Å². The summed E-state index contributed by atoms with van der Waals surface area (Å²) in [5.41, 5.74) is 2.78. The summed E-state index contributed by atoms with van der Waals surface area (Å²) in [6.07, 6.45) is -3.40. The maximum atomic E-state index is 12.7. The summed E-state index contributed by atoms with van der Waals surface area (Å²) in [6, 6.07) is 16.6. The van der Waals surface area contributed by atoms with Crippen molar-refractivity contribution in [2.24, 2.45) is 0 Å². The van der Waals surface area contributed by atoms with Crippen molar-refractivity contribution in [1.82, 2.24) is 20.3 Å². The molecule has 0 fully saturated rings. The summed E-state index contributed by atoms with van der Waals surface area (Å²) in [6.45, 7) is 2.11. The van der Waals surface area contributed by atoms with Gasteiger partial charge in [-0.05, 0) is 36.2 Å². The van der Waals surface area contributed by atoms with Gasteiger partial charge in [0, 0.05) is 11.1 Å². The zero-order valence-electron chi connectivity index (χ0n) is 16.4. The Hall–Kier alpha value is -3.20. The van der Waals surface area contributed by atoms with Crippen molar-refractivity contribution in [3.05, 3.63) is 77.7 Å². The van der Waals surface area contributed by atoms with Crippen molar-refractivity contribution >= 4 is 11.8 Å². The van der Waals surface area contributed by atoms with Crippen molar-refractivity contribution in [2.45, 2.75) is 30.3 Å². The molecule has 0 bridgehead atoms. The van der Waals surface area contributed by atoms with Crippen LogP contribution in [-0.2, 0) is 18.3 Å². The van der Waals surface area contributed by atoms with E-state index in [9.17, 15) is 13.2 Å². The molecular formula is C22H17F3N4OS. The van der Waals surface area contributed by atoms with Crippen LogP contribution in [0.5, 0.6) is 0 Å². The summed E-state index contributed by atoms with van der Waals surface area (Å²) >= 11 is 1.38. The van der Waals surface area contributed by atoms with E-state index in [1.807, 2.05) is 24.3 Å². The number of aromatic nitrogens is 4. The monoisotopic (exact) mass is 442 g/mol. The van der Waals surface area contributed by atoms with E-state index in [1.54, 1.807) is 0 Å². The molecule has 0 radical (unpaired) electrons. The second-order valence-corrected chi connectivity index (χ2v) is 7.68. The Morgan fingerprint density at radius 1 is 0.871 bits per heavy atom. The average Bonchev–Trinajstić information content (AvgIpc) is 3.27. The summed E-state index contributed by atoms with van der Waals surface area (Å²) in [7, 11) is 0. The van der Waals surface area contributed by atoms with Gasteiger partial charge >= 0.3 is 6.18 Å². The van der Waals surface area contributed by atoms with Crippen molar-refractivity contribution < 1.29 is 17.7 Å². The molecule has 31 heavy (non-hydrogen) atoms. The van der Waals surface area contributed by atoms with Gasteiger partial charge in [-0.2, -0.15) is 18.2 Å². The second-order valence-electron chi connectivity index (χ2n) is 6.68. The minimum absolute atomic E-state index is 0.237. The van der Waals surface area contributed by atoms with Gasteiger partial charge in [0.05, 0.1) is 17.0 Å². The van der Waals surface area contributed by atoms with Crippen LogP contribution in [0, 0.1) is 0 Å². The van der Waals surface area contributed by atoms with Crippen molar-refractivity contribution in [1.29, 1.82) is 0 Å². The quantitative estimate of drug-likeness (QED) is 0.338. The van der Waals surface area contributed by atoms with Crippen molar-refractivity contribution in [3.8, 4) is 22.6 Å². The number of alkyl halides is 3. The van der Waals surface area contributed by atoms with Gasteiger partial charge in [0.25, 0.3) is 0 Å². The Balaban J connectivity index is 1.38. The van der Waals surface area contributed by atoms with E-state index in [-0.39, 0.29) is 5.82 Å². The fourth-order valence-electron chi connectivity index (χ4n) is 2.84. The lowest BCUT2D eigenvalue weighted by Crippen LogP contribution is -2.04. The van der Waals surface area contributed by atoms with Crippen LogP contribution >= 0.6 is 11.8 Å². The number of aryl methyl sites for hydroxylation is 1. The Morgan fingerprint density at radius 3 is 2.19 bits per heavy atom. The standard InChI is InChI=1S/C22H17F3N4OS/c1-2-14-3-5-15(6-4-14)18-11-12-20(28-27-18)31-13-19-26-21(29-30-19)16-7-9-17(10-8-16)22(23,24)25/h3-12H,2,13H2,1H3. The summed E-state index contributed by atoms with van der Waals surface area (Å²) in [5.74, 6) is 0.953. The minimum Gasteiger partial charge on any atom is -0.338 e. The molecule has 0 amide bonds. The van der Waals surface area contributed by atoms with Gasteiger partial charge in [-0.3, -0.25) is 0 Å². The Morgan fingerprint density at radius 2 is 1.58 bits per heavy atom. The Kier molecular flexibility index (Phi) is 6.03. The van der Waals surface area contributed by atoms with Crippen molar-refractivity contribution in [2.75, 3.05) is 0 Å². The van der Waals surface area contributed by atoms with Crippen molar-refractivity contribution in [3.63, 3.8) is 0 Å². The maximum absolute atomic E-state index is 12.7. The van der Waals surface area contributed by atoms with Gasteiger partial charge in [-0.15, -0.1) is 10.2 Å². The van der Waals surface area contributed by atoms with E-state index < -0.39 is 11.7 Å². The smallest absolute Gasteiger partial charge is 0.338 e. The second kappa shape index (κ2) is 8.89. The number of thioether (sulfide) groups is 1. The van der Waals surface area contributed by atoms with Gasteiger partial charge in [0.2, 0.25) is 11.7 Å². The first kappa shape index (κ1) is 21.0. The molecule has 0 aliphatic heterocycles. The molecule has 0 N–H and O–H groups in total. The normalized spacial score (nSPS) is 11.6. The Bertz CT molecular complexity index is 1140. The molecule has 2 aromatic carbocycles. The van der Waals surface area contributed by atoms with Gasteiger partial charge < -0.3 is 4.52 Å². The lowest BCUT2D eigenvalue weighted by atomic mass is 10.1. The molecule has 158 valence electrons. The average molecular weight is 442 g/mol. The lowest BCUT2D eigenvalue weighted by molar-refractivity contribution is -0.137. The number of nitrogens with zero attached hydrogens (tertiary/aromatic N) is 4. The third kappa shape index (κ3) is 5.11. The van der Waals surface area contributed by atoms with Crippen LogP contribution in [0.2, 0.25) is 0 Å². The molecule has 0 spiro atoms. The minimum atomic E-state index is -4.38. The Labute approximate surface area is 180 Å². The fraction of sp³-hybridized carbons (Fsp3) is 0.182. The van der Waals surface area contributed by atoms with Gasteiger partial charge in [-0.1, -0.05) is 60.2 Å². The number of rotatable bonds is 6. The maximum Gasteiger partial charge on any atom is 0.416 e. The SMILES string of the molecule is CCc1ccc(-c2ccc(SCc3nc(-c4ccc(C(F)(F)F)cc4)no3)nn2)cc1. The van der Waals surface area contributed by atoms with Crippen LogP contribution in [-0.4, -0.2) is 20.3 Å². The molecule has 4 rings (SSSR count).